The van der Waals surface area contributed by atoms with Crippen LogP contribution in [0.3, 0.4) is 0 Å². The quantitative estimate of drug-likeness (QED) is 0.608. The zero-order valence-corrected chi connectivity index (χ0v) is 13.8. The van der Waals surface area contributed by atoms with Crippen LogP contribution in [0.5, 0.6) is 5.75 Å². The van der Waals surface area contributed by atoms with E-state index in [-0.39, 0.29) is 6.10 Å². The average Bonchev–Trinajstić information content (AvgIpc) is 2.87. The Morgan fingerprint density at radius 3 is 2.65 bits per heavy atom. The van der Waals surface area contributed by atoms with Crippen LogP contribution in [0.2, 0.25) is 0 Å². The lowest BCUT2D eigenvalue weighted by Crippen LogP contribution is -2.45. The molecule has 128 valence electrons. The van der Waals surface area contributed by atoms with E-state index in [0.29, 0.717) is 26.1 Å². The van der Waals surface area contributed by atoms with Crippen molar-refractivity contribution in [3.63, 3.8) is 0 Å². The summed E-state index contributed by atoms with van der Waals surface area (Å²) >= 11 is 0. The molecule has 3 atom stereocenters. The normalized spacial score (nSPS) is 27.0. The Labute approximate surface area is 136 Å². The minimum Gasteiger partial charge on any atom is -0.497 e. The van der Waals surface area contributed by atoms with Gasteiger partial charge in [-0.1, -0.05) is 12.1 Å². The summed E-state index contributed by atoms with van der Waals surface area (Å²) in [5.74, 6) is 0.260. The monoisotopic (exact) mass is 324 g/mol. The van der Waals surface area contributed by atoms with Crippen LogP contribution in [0.4, 0.5) is 0 Å². The molecule has 23 heavy (non-hydrogen) atoms. The lowest BCUT2D eigenvalue weighted by Gasteiger charge is -2.24. The largest absolute Gasteiger partial charge is 0.497 e. The van der Waals surface area contributed by atoms with Gasteiger partial charge in [0.25, 0.3) is 0 Å². The third kappa shape index (κ3) is 4.22. The Hall–Kier alpha value is -1.63. The molecule has 0 bridgehead atoms. The van der Waals surface area contributed by atoms with E-state index in [4.69, 9.17) is 18.9 Å². The molecule has 1 aromatic rings. The summed E-state index contributed by atoms with van der Waals surface area (Å²) in [6.45, 7) is 2.54. The zero-order chi connectivity index (χ0) is 16.9. The molecule has 1 aliphatic rings. The Morgan fingerprint density at radius 1 is 1.35 bits per heavy atom. The SMILES string of the molecule is COC(=O)[C@@]1(C)O[C@H](CCOCc2ccc(OC)cc2)C[C@@H]1O. The summed E-state index contributed by atoms with van der Waals surface area (Å²) < 4.78 is 21.1. The van der Waals surface area contributed by atoms with E-state index >= 15 is 0 Å². The Bertz CT molecular complexity index is 514. The van der Waals surface area contributed by atoms with Gasteiger partial charge in [0.1, 0.15) is 5.75 Å². The lowest BCUT2D eigenvalue weighted by atomic mass is 9.98. The van der Waals surface area contributed by atoms with Gasteiger partial charge in [-0.25, -0.2) is 4.79 Å². The predicted molar refractivity (Wildman–Crippen MR) is 83.2 cm³/mol. The van der Waals surface area contributed by atoms with Crippen molar-refractivity contribution in [3.8, 4) is 5.75 Å². The number of methoxy groups -OCH3 is 2. The van der Waals surface area contributed by atoms with Crippen molar-refractivity contribution in [3.05, 3.63) is 29.8 Å². The summed E-state index contributed by atoms with van der Waals surface area (Å²) in [7, 11) is 2.92. The number of carbonyl (C=O) groups is 1. The first-order valence-corrected chi connectivity index (χ1v) is 7.64. The highest BCUT2D eigenvalue weighted by Crippen LogP contribution is 2.33. The van der Waals surface area contributed by atoms with Gasteiger partial charge in [-0.3, -0.25) is 0 Å². The van der Waals surface area contributed by atoms with E-state index in [0.717, 1.165) is 11.3 Å². The van der Waals surface area contributed by atoms with Gasteiger partial charge in [0, 0.05) is 13.0 Å². The molecule has 1 aromatic carbocycles. The highest BCUT2D eigenvalue weighted by molar-refractivity contribution is 5.80. The van der Waals surface area contributed by atoms with Crippen molar-refractivity contribution in [1.29, 1.82) is 0 Å². The highest BCUT2D eigenvalue weighted by Gasteiger charge is 2.50. The van der Waals surface area contributed by atoms with Crippen LogP contribution in [0, 0.1) is 0 Å². The zero-order valence-electron chi connectivity index (χ0n) is 13.8. The number of esters is 1. The second-order valence-electron chi connectivity index (χ2n) is 5.78. The van der Waals surface area contributed by atoms with Gasteiger partial charge < -0.3 is 24.1 Å². The molecule has 1 aliphatic heterocycles. The summed E-state index contributed by atoms with van der Waals surface area (Å²) in [5, 5.41) is 10.0. The second kappa shape index (κ2) is 7.77. The number of aliphatic hydroxyl groups excluding tert-OH is 1. The van der Waals surface area contributed by atoms with Gasteiger partial charge in [-0.15, -0.1) is 0 Å². The average molecular weight is 324 g/mol. The minimum atomic E-state index is -1.28. The van der Waals surface area contributed by atoms with Crippen LogP contribution in [0.1, 0.15) is 25.3 Å². The van der Waals surface area contributed by atoms with E-state index in [1.807, 2.05) is 24.3 Å². The van der Waals surface area contributed by atoms with Crippen LogP contribution in [0.25, 0.3) is 0 Å². The molecule has 0 radical (unpaired) electrons. The Kier molecular flexibility index (Phi) is 5.98. The first kappa shape index (κ1) is 17.7. The molecule has 2 rings (SSSR count). The van der Waals surface area contributed by atoms with Crippen LogP contribution in [0.15, 0.2) is 24.3 Å². The van der Waals surface area contributed by atoms with Gasteiger partial charge in [0.05, 0.1) is 33.0 Å². The van der Waals surface area contributed by atoms with E-state index in [2.05, 4.69) is 0 Å². The number of ether oxygens (including phenoxy) is 4. The first-order valence-electron chi connectivity index (χ1n) is 7.64. The maximum Gasteiger partial charge on any atom is 0.340 e. The highest BCUT2D eigenvalue weighted by atomic mass is 16.6. The van der Waals surface area contributed by atoms with E-state index in [1.165, 1.54) is 7.11 Å². The fourth-order valence-corrected chi connectivity index (χ4v) is 2.64. The molecule has 0 aromatic heterocycles. The predicted octanol–water partition coefficient (Wildman–Crippen LogP) is 1.68. The smallest absolute Gasteiger partial charge is 0.340 e. The molecule has 6 heteroatoms. The summed E-state index contributed by atoms with van der Waals surface area (Å²) in [4.78, 5) is 11.7. The fourth-order valence-electron chi connectivity index (χ4n) is 2.64. The number of aliphatic hydroxyl groups is 1. The molecule has 0 unspecified atom stereocenters. The molecule has 0 saturated carbocycles. The number of hydrogen-bond acceptors (Lipinski definition) is 6. The third-order valence-electron chi connectivity index (χ3n) is 4.14. The summed E-state index contributed by atoms with van der Waals surface area (Å²) in [6, 6.07) is 7.67. The minimum absolute atomic E-state index is 0.218. The van der Waals surface area contributed by atoms with Gasteiger partial charge in [0.2, 0.25) is 0 Å². The first-order chi connectivity index (χ1) is 11.0. The molecule has 6 nitrogen and oxygen atoms in total. The van der Waals surface area contributed by atoms with Gasteiger partial charge >= 0.3 is 5.97 Å². The number of benzene rings is 1. The van der Waals surface area contributed by atoms with E-state index in [1.54, 1.807) is 14.0 Å². The summed E-state index contributed by atoms with van der Waals surface area (Å²) in [5.41, 5.74) is -0.229. The molecule has 0 aliphatic carbocycles. The Balaban J connectivity index is 1.73. The molecular weight excluding hydrogens is 300 g/mol. The van der Waals surface area contributed by atoms with Crippen LogP contribution in [-0.2, 0) is 25.6 Å². The molecule has 1 N–H and O–H groups in total. The maximum absolute atomic E-state index is 11.7. The van der Waals surface area contributed by atoms with Crippen LogP contribution < -0.4 is 4.74 Å². The molecule has 0 amide bonds. The number of carbonyl (C=O) groups excluding carboxylic acids is 1. The fraction of sp³-hybridized carbons (Fsp3) is 0.588. The van der Waals surface area contributed by atoms with Crippen molar-refractivity contribution in [2.75, 3.05) is 20.8 Å². The van der Waals surface area contributed by atoms with Crippen LogP contribution in [-0.4, -0.2) is 49.7 Å². The molecule has 1 fully saturated rings. The number of rotatable bonds is 7. The van der Waals surface area contributed by atoms with Gasteiger partial charge in [-0.2, -0.15) is 0 Å². The van der Waals surface area contributed by atoms with E-state index < -0.39 is 17.7 Å². The molecule has 0 spiro atoms. The van der Waals surface area contributed by atoms with Gasteiger partial charge in [-0.05, 0) is 31.0 Å². The topological polar surface area (TPSA) is 74.2 Å². The number of hydrogen-bond donors (Lipinski definition) is 1. The van der Waals surface area contributed by atoms with Crippen molar-refractivity contribution < 1.29 is 28.8 Å². The van der Waals surface area contributed by atoms with E-state index in [9.17, 15) is 9.90 Å². The van der Waals surface area contributed by atoms with Crippen LogP contribution >= 0.6 is 0 Å². The van der Waals surface area contributed by atoms with Crippen molar-refractivity contribution in [2.45, 2.75) is 44.2 Å². The van der Waals surface area contributed by atoms with Crippen molar-refractivity contribution >= 4 is 5.97 Å². The molecule has 1 heterocycles. The molecular formula is C17H24O6. The van der Waals surface area contributed by atoms with Gasteiger partial charge in [0.15, 0.2) is 5.60 Å². The van der Waals surface area contributed by atoms with Crippen molar-refractivity contribution in [2.24, 2.45) is 0 Å². The molecule has 1 saturated heterocycles. The standard InChI is InChI=1S/C17H24O6/c1-17(16(19)21-3)15(18)10-14(23-17)8-9-22-11-12-4-6-13(20-2)7-5-12/h4-7,14-15,18H,8-11H2,1-3H3/t14-,15+,17+/m1/s1. The maximum atomic E-state index is 11.7. The van der Waals surface area contributed by atoms with Crippen molar-refractivity contribution in [1.82, 2.24) is 0 Å². The summed E-state index contributed by atoms with van der Waals surface area (Å²) in [6.07, 6.45) is -0.0661. The lowest BCUT2D eigenvalue weighted by molar-refractivity contribution is -0.173. The Morgan fingerprint density at radius 2 is 2.04 bits per heavy atom. The second-order valence-corrected chi connectivity index (χ2v) is 5.78. The third-order valence-corrected chi connectivity index (χ3v) is 4.14.